The molecular weight excluding hydrogens is 330 g/mol. The number of hydrogen-bond acceptors (Lipinski definition) is 5. The minimum Gasteiger partial charge on any atom is -0.497 e. The van der Waals surface area contributed by atoms with Gasteiger partial charge in [0.05, 0.1) is 14.2 Å². The number of rotatable bonds is 8. The van der Waals surface area contributed by atoms with E-state index < -0.39 is 0 Å². The van der Waals surface area contributed by atoms with Crippen LogP contribution in [0.4, 0.5) is 0 Å². The molecule has 0 aromatic heterocycles. The average molecular weight is 364 g/mol. The first-order valence-electron chi connectivity index (χ1n) is 9.36. The molecule has 2 rings (SSSR count). The van der Waals surface area contributed by atoms with Gasteiger partial charge >= 0.3 is 0 Å². The third kappa shape index (κ3) is 5.88. The fourth-order valence-corrected chi connectivity index (χ4v) is 3.34. The number of likely N-dealkylation sites (N-methyl/N-ethyl adjacent to an activating group) is 1. The number of nitrogens with zero attached hydrogens (tertiary/aromatic N) is 2. The number of ether oxygens (including phenoxy) is 2. The molecule has 1 heterocycles. The molecule has 0 bridgehead atoms. The quantitative estimate of drug-likeness (QED) is 0.767. The highest BCUT2D eigenvalue weighted by Gasteiger charge is 2.24. The molecule has 1 aliphatic heterocycles. The van der Waals surface area contributed by atoms with Crippen LogP contribution >= 0.6 is 0 Å². The highest BCUT2D eigenvalue weighted by molar-refractivity contribution is 5.95. The van der Waals surface area contributed by atoms with E-state index in [1.165, 1.54) is 0 Å². The summed E-state index contributed by atoms with van der Waals surface area (Å²) >= 11 is 0. The Bertz CT molecular complexity index is 561. The Morgan fingerprint density at radius 2 is 1.65 bits per heavy atom. The second-order valence-electron chi connectivity index (χ2n) is 7.43. The summed E-state index contributed by atoms with van der Waals surface area (Å²) in [4.78, 5) is 17.5. The van der Waals surface area contributed by atoms with Crippen LogP contribution in [0.5, 0.6) is 11.5 Å². The van der Waals surface area contributed by atoms with Crippen molar-refractivity contribution in [2.45, 2.75) is 26.3 Å². The molecule has 1 saturated heterocycles. The molecule has 146 valence electrons. The van der Waals surface area contributed by atoms with Gasteiger partial charge in [-0.05, 0) is 31.5 Å². The van der Waals surface area contributed by atoms with Gasteiger partial charge in [-0.1, -0.05) is 13.8 Å². The third-order valence-electron chi connectivity index (χ3n) is 4.91. The standard InChI is InChI=1S/C20H33N3O3/c1-15(2)10-17(23-8-6-22(3)7-9-23)14-21-20(24)16-11-18(25-4)13-19(12-16)26-5/h11-13,15,17H,6-10,14H2,1-5H3,(H,21,24). The van der Waals surface area contributed by atoms with Gasteiger partial charge in [0.1, 0.15) is 11.5 Å². The topological polar surface area (TPSA) is 54.0 Å². The van der Waals surface area contributed by atoms with Crippen molar-refractivity contribution in [3.63, 3.8) is 0 Å². The van der Waals surface area contributed by atoms with Gasteiger partial charge in [-0.15, -0.1) is 0 Å². The summed E-state index contributed by atoms with van der Waals surface area (Å²) in [6, 6.07) is 5.61. The number of piperazine rings is 1. The van der Waals surface area contributed by atoms with Crippen LogP contribution in [0.25, 0.3) is 0 Å². The Hall–Kier alpha value is -1.79. The molecule has 1 N–H and O–H groups in total. The zero-order valence-electron chi connectivity index (χ0n) is 16.7. The molecule has 0 spiro atoms. The minimum atomic E-state index is -0.0925. The van der Waals surface area contributed by atoms with E-state index in [4.69, 9.17) is 9.47 Å². The lowest BCUT2D eigenvalue weighted by Crippen LogP contribution is -2.52. The van der Waals surface area contributed by atoms with Crippen molar-refractivity contribution in [1.82, 2.24) is 15.1 Å². The number of benzene rings is 1. The van der Waals surface area contributed by atoms with Crippen LogP contribution < -0.4 is 14.8 Å². The summed E-state index contributed by atoms with van der Waals surface area (Å²) in [5.74, 6) is 1.73. The van der Waals surface area contributed by atoms with Crippen LogP contribution in [0.15, 0.2) is 18.2 Å². The lowest BCUT2D eigenvalue weighted by atomic mass is 10.0. The van der Waals surface area contributed by atoms with Crippen molar-refractivity contribution in [1.29, 1.82) is 0 Å². The van der Waals surface area contributed by atoms with Crippen LogP contribution in [-0.2, 0) is 0 Å². The van der Waals surface area contributed by atoms with E-state index >= 15 is 0 Å². The van der Waals surface area contributed by atoms with Gasteiger partial charge in [0.25, 0.3) is 5.91 Å². The van der Waals surface area contributed by atoms with E-state index in [0.29, 0.717) is 35.6 Å². The van der Waals surface area contributed by atoms with Crippen molar-refractivity contribution in [2.24, 2.45) is 5.92 Å². The van der Waals surface area contributed by atoms with Gasteiger partial charge in [-0.25, -0.2) is 0 Å². The van der Waals surface area contributed by atoms with E-state index in [1.54, 1.807) is 32.4 Å². The number of carbonyl (C=O) groups excluding carboxylic acids is 1. The first-order valence-corrected chi connectivity index (χ1v) is 9.36. The highest BCUT2D eigenvalue weighted by atomic mass is 16.5. The first-order chi connectivity index (χ1) is 12.4. The van der Waals surface area contributed by atoms with Gasteiger partial charge in [-0.2, -0.15) is 0 Å². The normalized spacial score (nSPS) is 17.2. The Morgan fingerprint density at radius 1 is 1.08 bits per heavy atom. The highest BCUT2D eigenvalue weighted by Crippen LogP contribution is 2.22. The molecule has 1 aliphatic rings. The number of nitrogens with one attached hydrogen (secondary N) is 1. The molecule has 0 saturated carbocycles. The van der Waals surface area contributed by atoms with Crippen LogP contribution in [0.1, 0.15) is 30.6 Å². The summed E-state index contributed by atoms with van der Waals surface area (Å²) in [5.41, 5.74) is 0.558. The summed E-state index contributed by atoms with van der Waals surface area (Å²) in [7, 11) is 5.33. The fraction of sp³-hybridized carbons (Fsp3) is 0.650. The van der Waals surface area contributed by atoms with E-state index in [9.17, 15) is 4.79 Å². The number of hydrogen-bond donors (Lipinski definition) is 1. The molecule has 0 aliphatic carbocycles. The molecule has 1 atom stereocenters. The van der Waals surface area contributed by atoms with Gasteiger partial charge in [0.15, 0.2) is 0 Å². The van der Waals surface area contributed by atoms with Crippen molar-refractivity contribution >= 4 is 5.91 Å². The molecule has 6 heteroatoms. The summed E-state index contributed by atoms with van der Waals surface area (Å²) in [6.07, 6.45) is 1.07. The zero-order valence-corrected chi connectivity index (χ0v) is 16.7. The van der Waals surface area contributed by atoms with E-state index in [-0.39, 0.29) is 5.91 Å². The lowest BCUT2D eigenvalue weighted by molar-refractivity contribution is 0.0850. The molecule has 1 fully saturated rings. The van der Waals surface area contributed by atoms with Crippen LogP contribution in [0.2, 0.25) is 0 Å². The van der Waals surface area contributed by atoms with Crippen molar-refractivity contribution in [3.05, 3.63) is 23.8 Å². The Morgan fingerprint density at radius 3 is 2.15 bits per heavy atom. The predicted octanol–water partition coefficient (Wildman–Crippen LogP) is 2.10. The zero-order chi connectivity index (χ0) is 19.1. The monoisotopic (exact) mass is 363 g/mol. The summed E-state index contributed by atoms with van der Waals surface area (Å²) in [5, 5.41) is 3.11. The van der Waals surface area contributed by atoms with Gasteiger partial charge in [0, 0.05) is 50.4 Å². The first kappa shape index (κ1) is 20.5. The Labute approximate surface area is 157 Å². The molecular formula is C20H33N3O3. The minimum absolute atomic E-state index is 0.0925. The molecule has 1 unspecified atom stereocenters. The summed E-state index contributed by atoms with van der Waals surface area (Å²) < 4.78 is 10.5. The second-order valence-corrected chi connectivity index (χ2v) is 7.43. The third-order valence-corrected chi connectivity index (χ3v) is 4.91. The van der Waals surface area contributed by atoms with Gasteiger partial charge < -0.3 is 19.7 Å². The van der Waals surface area contributed by atoms with E-state index in [2.05, 4.69) is 36.0 Å². The Kier molecular flexibility index (Phi) is 7.72. The van der Waals surface area contributed by atoms with Gasteiger partial charge in [-0.3, -0.25) is 9.69 Å². The van der Waals surface area contributed by atoms with E-state index in [1.807, 2.05) is 0 Å². The largest absolute Gasteiger partial charge is 0.497 e. The Balaban J connectivity index is 2.02. The molecule has 1 amide bonds. The summed E-state index contributed by atoms with van der Waals surface area (Å²) in [6.45, 7) is 9.38. The maximum absolute atomic E-state index is 12.7. The SMILES string of the molecule is COc1cc(OC)cc(C(=O)NCC(CC(C)C)N2CCN(C)CC2)c1. The second kappa shape index (κ2) is 9.78. The average Bonchev–Trinajstić information content (AvgIpc) is 2.64. The van der Waals surface area contributed by atoms with Crippen molar-refractivity contribution in [3.8, 4) is 11.5 Å². The van der Waals surface area contributed by atoms with E-state index in [0.717, 1.165) is 32.6 Å². The molecule has 1 aromatic rings. The molecule has 1 aromatic carbocycles. The van der Waals surface area contributed by atoms with Crippen molar-refractivity contribution < 1.29 is 14.3 Å². The fourth-order valence-electron chi connectivity index (χ4n) is 3.34. The smallest absolute Gasteiger partial charge is 0.251 e. The molecule has 0 radical (unpaired) electrons. The predicted molar refractivity (Wildman–Crippen MR) is 104 cm³/mol. The lowest BCUT2D eigenvalue weighted by Gasteiger charge is -2.38. The van der Waals surface area contributed by atoms with Gasteiger partial charge in [0.2, 0.25) is 0 Å². The maximum atomic E-state index is 12.7. The number of methoxy groups -OCH3 is 2. The maximum Gasteiger partial charge on any atom is 0.251 e. The number of amides is 1. The van der Waals surface area contributed by atoms with Crippen molar-refractivity contribution in [2.75, 3.05) is 54.0 Å². The molecule has 26 heavy (non-hydrogen) atoms. The molecule has 6 nitrogen and oxygen atoms in total. The van der Waals surface area contributed by atoms with Crippen LogP contribution in [0.3, 0.4) is 0 Å². The van der Waals surface area contributed by atoms with Crippen LogP contribution in [0, 0.1) is 5.92 Å². The van der Waals surface area contributed by atoms with Crippen LogP contribution in [-0.4, -0.2) is 75.7 Å². The number of carbonyl (C=O) groups is 1.